The molecule has 0 bridgehead atoms. The Bertz CT molecular complexity index is 665. The van der Waals surface area contributed by atoms with Gasteiger partial charge in [-0.05, 0) is 58.9 Å². The van der Waals surface area contributed by atoms with Gasteiger partial charge in [0.2, 0.25) is 0 Å². The second kappa shape index (κ2) is 5.73. The number of hydrogen-bond acceptors (Lipinski definition) is 1. The van der Waals surface area contributed by atoms with Gasteiger partial charge in [-0.3, -0.25) is 0 Å². The van der Waals surface area contributed by atoms with Crippen molar-refractivity contribution in [2.75, 3.05) is 5.75 Å². The topological polar surface area (TPSA) is 0 Å². The van der Waals surface area contributed by atoms with E-state index < -0.39 is 0 Å². The Morgan fingerprint density at radius 3 is 2.62 bits per heavy atom. The third kappa shape index (κ3) is 3.08. The van der Waals surface area contributed by atoms with E-state index in [2.05, 4.69) is 75.4 Å². The van der Waals surface area contributed by atoms with Gasteiger partial charge in [0.25, 0.3) is 0 Å². The second-order valence-electron chi connectivity index (χ2n) is 6.43. The van der Waals surface area contributed by atoms with E-state index >= 15 is 0 Å². The van der Waals surface area contributed by atoms with E-state index in [0.29, 0.717) is 5.41 Å². The van der Waals surface area contributed by atoms with Gasteiger partial charge in [-0.25, -0.2) is 0 Å². The summed E-state index contributed by atoms with van der Waals surface area (Å²) >= 11 is 2.00. The van der Waals surface area contributed by atoms with E-state index in [4.69, 9.17) is 0 Å². The monoisotopic (exact) mass is 294 g/mol. The number of allylic oxidation sites excluding steroid dienone is 1. The fourth-order valence-corrected chi connectivity index (χ4v) is 4.35. The first kappa shape index (κ1) is 14.5. The molecule has 1 heteroatoms. The van der Waals surface area contributed by atoms with Gasteiger partial charge < -0.3 is 0 Å². The van der Waals surface area contributed by atoms with Crippen molar-refractivity contribution in [2.24, 2.45) is 0 Å². The van der Waals surface area contributed by atoms with Crippen LogP contribution >= 0.6 is 11.8 Å². The molecule has 0 saturated heterocycles. The fourth-order valence-electron chi connectivity index (χ4n) is 2.86. The average molecular weight is 294 g/mol. The van der Waals surface area contributed by atoms with Gasteiger partial charge in [0, 0.05) is 4.90 Å². The lowest BCUT2D eigenvalue weighted by Crippen LogP contribution is -2.22. The van der Waals surface area contributed by atoms with Gasteiger partial charge in [0.1, 0.15) is 0 Å². The van der Waals surface area contributed by atoms with Crippen LogP contribution < -0.4 is 0 Å². The molecule has 0 N–H and O–H groups in total. The molecule has 21 heavy (non-hydrogen) atoms. The highest BCUT2D eigenvalue weighted by Gasteiger charge is 2.27. The summed E-state index contributed by atoms with van der Waals surface area (Å²) in [5.74, 6) is 1.23. The Morgan fingerprint density at radius 2 is 1.86 bits per heavy atom. The SMILES string of the molecule is C/C(=C\c1ccccc1)c1ccc2c(c1)C(C)(C)CCS2. The second-order valence-corrected chi connectivity index (χ2v) is 7.57. The van der Waals surface area contributed by atoms with Crippen molar-refractivity contribution < 1.29 is 0 Å². The van der Waals surface area contributed by atoms with Crippen LogP contribution in [-0.4, -0.2) is 5.75 Å². The molecule has 0 nitrogen and oxygen atoms in total. The maximum atomic E-state index is 2.40. The van der Waals surface area contributed by atoms with E-state index in [1.807, 2.05) is 11.8 Å². The molecule has 1 heterocycles. The van der Waals surface area contributed by atoms with Crippen molar-refractivity contribution in [3.05, 3.63) is 65.2 Å². The van der Waals surface area contributed by atoms with Crippen molar-refractivity contribution >= 4 is 23.4 Å². The number of thioether (sulfide) groups is 1. The standard InChI is InChI=1S/C20H22S/c1-15(13-16-7-5-4-6-8-16)17-9-10-19-18(14-17)20(2,3)11-12-21-19/h4-10,13-14H,11-12H2,1-3H3/b15-13+. The average Bonchev–Trinajstić information content (AvgIpc) is 2.48. The highest BCUT2D eigenvalue weighted by atomic mass is 32.2. The summed E-state index contributed by atoms with van der Waals surface area (Å²) < 4.78 is 0. The quantitative estimate of drug-likeness (QED) is 0.610. The third-order valence-corrected chi connectivity index (χ3v) is 5.41. The van der Waals surface area contributed by atoms with Crippen LogP contribution in [0, 0.1) is 0 Å². The maximum absolute atomic E-state index is 2.40. The zero-order chi connectivity index (χ0) is 14.9. The van der Waals surface area contributed by atoms with Crippen molar-refractivity contribution in [1.29, 1.82) is 0 Å². The molecule has 3 rings (SSSR count). The minimum Gasteiger partial charge on any atom is -0.126 e. The van der Waals surface area contributed by atoms with Crippen LogP contribution in [0.1, 0.15) is 43.9 Å². The van der Waals surface area contributed by atoms with Crippen LogP contribution in [0.4, 0.5) is 0 Å². The minimum absolute atomic E-state index is 0.295. The third-order valence-electron chi connectivity index (χ3n) is 4.33. The molecule has 0 unspecified atom stereocenters. The van der Waals surface area contributed by atoms with Crippen LogP contribution in [0.2, 0.25) is 0 Å². The lowest BCUT2D eigenvalue weighted by Gasteiger charge is -2.32. The van der Waals surface area contributed by atoms with Gasteiger partial charge in [0.05, 0.1) is 0 Å². The lowest BCUT2D eigenvalue weighted by molar-refractivity contribution is 0.494. The predicted molar refractivity (Wildman–Crippen MR) is 94.8 cm³/mol. The first-order valence-corrected chi connectivity index (χ1v) is 8.56. The molecule has 1 aliphatic rings. The predicted octanol–water partition coefficient (Wildman–Crippen LogP) is 6.02. The Balaban J connectivity index is 1.99. The fraction of sp³-hybridized carbons (Fsp3) is 0.300. The van der Waals surface area contributed by atoms with Crippen molar-refractivity contribution in [2.45, 2.75) is 37.5 Å². The summed E-state index contributed by atoms with van der Waals surface area (Å²) in [7, 11) is 0. The van der Waals surface area contributed by atoms with Gasteiger partial charge in [-0.1, -0.05) is 56.3 Å². The molecular formula is C20H22S. The molecule has 0 aliphatic carbocycles. The smallest absolute Gasteiger partial charge is 0.0110 e. The summed E-state index contributed by atoms with van der Waals surface area (Å²) in [4.78, 5) is 1.46. The van der Waals surface area contributed by atoms with Crippen molar-refractivity contribution in [3.8, 4) is 0 Å². The number of benzene rings is 2. The molecule has 0 atom stereocenters. The van der Waals surface area contributed by atoms with Crippen LogP contribution in [0.25, 0.3) is 11.6 Å². The molecule has 108 valence electrons. The minimum atomic E-state index is 0.295. The Morgan fingerprint density at radius 1 is 1.10 bits per heavy atom. The Kier molecular flexibility index (Phi) is 3.95. The number of hydrogen-bond donors (Lipinski definition) is 0. The van der Waals surface area contributed by atoms with E-state index in [9.17, 15) is 0 Å². The molecular weight excluding hydrogens is 272 g/mol. The summed E-state index contributed by atoms with van der Waals surface area (Å²) in [5, 5.41) is 0. The van der Waals surface area contributed by atoms with E-state index in [0.717, 1.165) is 0 Å². The maximum Gasteiger partial charge on any atom is 0.0110 e. The summed E-state index contributed by atoms with van der Waals surface area (Å²) in [6.07, 6.45) is 3.53. The zero-order valence-corrected chi connectivity index (χ0v) is 13.8. The molecule has 2 aromatic carbocycles. The van der Waals surface area contributed by atoms with Crippen LogP contribution in [0.15, 0.2) is 53.4 Å². The molecule has 1 aliphatic heterocycles. The Hall–Kier alpha value is -1.47. The van der Waals surface area contributed by atoms with E-state index in [-0.39, 0.29) is 0 Å². The normalized spacial score (nSPS) is 17.4. The van der Waals surface area contributed by atoms with Gasteiger partial charge >= 0.3 is 0 Å². The van der Waals surface area contributed by atoms with Gasteiger partial charge in [-0.2, -0.15) is 0 Å². The zero-order valence-electron chi connectivity index (χ0n) is 13.0. The summed E-state index contributed by atoms with van der Waals surface area (Å²) in [5.41, 5.74) is 5.74. The Labute approximate surface area is 132 Å². The molecule has 0 aromatic heterocycles. The van der Waals surface area contributed by atoms with E-state index in [1.54, 1.807) is 0 Å². The van der Waals surface area contributed by atoms with Crippen LogP contribution in [-0.2, 0) is 5.41 Å². The van der Waals surface area contributed by atoms with E-state index in [1.165, 1.54) is 39.3 Å². The first-order valence-electron chi connectivity index (χ1n) is 7.57. The van der Waals surface area contributed by atoms with Gasteiger partial charge in [-0.15, -0.1) is 11.8 Å². The molecule has 0 fully saturated rings. The highest BCUT2D eigenvalue weighted by molar-refractivity contribution is 7.99. The van der Waals surface area contributed by atoms with Crippen molar-refractivity contribution in [3.63, 3.8) is 0 Å². The lowest BCUT2D eigenvalue weighted by atomic mass is 9.80. The van der Waals surface area contributed by atoms with Crippen molar-refractivity contribution in [1.82, 2.24) is 0 Å². The first-order chi connectivity index (χ1) is 10.1. The molecule has 0 amide bonds. The molecule has 0 spiro atoms. The van der Waals surface area contributed by atoms with Gasteiger partial charge in [0.15, 0.2) is 0 Å². The van der Waals surface area contributed by atoms with Crippen LogP contribution in [0.5, 0.6) is 0 Å². The molecule has 2 aromatic rings. The summed E-state index contributed by atoms with van der Waals surface area (Å²) in [6, 6.07) is 17.5. The molecule has 0 radical (unpaired) electrons. The largest absolute Gasteiger partial charge is 0.126 e. The highest BCUT2D eigenvalue weighted by Crippen LogP contribution is 2.42. The summed E-state index contributed by atoms with van der Waals surface area (Å²) in [6.45, 7) is 6.94. The number of rotatable bonds is 2. The number of fused-ring (bicyclic) bond motifs is 1. The van der Waals surface area contributed by atoms with Crippen LogP contribution in [0.3, 0.4) is 0 Å². The molecule has 0 saturated carbocycles.